The molecule has 0 radical (unpaired) electrons. The number of aliphatic hydroxyl groups excluding tert-OH is 3. The number of unbranched alkanes of at least 4 members (excludes halogenated alkanes) is 6. The number of benzene rings is 1. The first-order chi connectivity index (χ1) is 16.8. The van der Waals surface area contributed by atoms with Crippen molar-refractivity contribution in [3.8, 4) is 11.5 Å². The van der Waals surface area contributed by atoms with E-state index in [4.69, 9.17) is 18.6 Å². The lowest BCUT2D eigenvalue weighted by atomic mass is 9.99. The molecule has 1 fully saturated rings. The number of carbonyl (C=O) groups excluding carboxylic acids is 1. The van der Waals surface area contributed by atoms with Crippen molar-refractivity contribution >= 4 is 16.9 Å². The Morgan fingerprint density at radius 1 is 0.971 bits per heavy atom. The Bertz CT molecular complexity index is 1020. The molecule has 3 rings (SSSR count). The first-order valence-corrected chi connectivity index (χ1v) is 12.1. The van der Waals surface area contributed by atoms with E-state index < -0.39 is 42.3 Å². The van der Waals surface area contributed by atoms with Crippen molar-refractivity contribution in [1.82, 2.24) is 0 Å². The number of rotatable bonds is 12. The van der Waals surface area contributed by atoms with Crippen LogP contribution in [0.2, 0.25) is 0 Å². The lowest BCUT2D eigenvalue weighted by molar-refractivity contribution is -0.278. The smallest absolute Gasteiger partial charge is 0.336 e. The van der Waals surface area contributed by atoms with Gasteiger partial charge in [0.2, 0.25) is 6.29 Å². The minimum absolute atomic E-state index is 0.103. The maximum atomic E-state index is 12.1. The van der Waals surface area contributed by atoms with Gasteiger partial charge in [-0.3, -0.25) is 4.79 Å². The normalized spacial score (nSPS) is 24.4. The topological polar surface area (TPSA) is 156 Å². The Hall–Kier alpha value is -2.66. The highest BCUT2D eigenvalue weighted by Crippen LogP contribution is 2.34. The third-order valence-electron chi connectivity index (χ3n) is 6.01. The van der Waals surface area contributed by atoms with Crippen LogP contribution in [0, 0.1) is 0 Å². The second-order valence-corrected chi connectivity index (χ2v) is 8.80. The van der Waals surface area contributed by atoms with E-state index in [1.807, 2.05) is 0 Å². The molecule has 35 heavy (non-hydrogen) atoms. The van der Waals surface area contributed by atoms with Crippen LogP contribution in [0.15, 0.2) is 33.5 Å². The Morgan fingerprint density at radius 2 is 1.69 bits per heavy atom. The van der Waals surface area contributed by atoms with Gasteiger partial charge < -0.3 is 39.1 Å². The minimum Gasteiger partial charge on any atom is -0.504 e. The predicted octanol–water partition coefficient (Wildman–Crippen LogP) is 2.37. The Kier molecular flexibility index (Phi) is 9.91. The van der Waals surface area contributed by atoms with E-state index >= 15 is 0 Å². The average molecular weight is 495 g/mol. The molecule has 2 heterocycles. The second-order valence-electron chi connectivity index (χ2n) is 8.80. The van der Waals surface area contributed by atoms with Gasteiger partial charge in [0.05, 0.1) is 0 Å². The van der Waals surface area contributed by atoms with Gasteiger partial charge >= 0.3 is 11.6 Å². The highest BCUT2D eigenvalue weighted by Gasteiger charge is 2.45. The fourth-order valence-corrected chi connectivity index (χ4v) is 3.93. The number of hydrogen-bond acceptors (Lipinski definition) is 10. The Balaban J connectivity index is 1.54. The van der Waals surface area contributed by atoms with Gasteiger partial charge in [-0.2, -0.15) is 0 Å². The molecule has 4 N–H and O–H groups in total. The predicted molar refractivity (Wildman–Crippen MR) is 125 cm³/mol. The number of fused-ring (bicyclic) bond motifs is 1. The van der Waals surface area contributed by atoms with Crippen LogP contribution in [0.3, 0.4) is 0 Å². The van der Waals surface area contributed by atoms with E-state index in [2.05, 4.69) is 6.92 Å². The number of aromatic hydroxyl groups is 1. The molecule has 0 bridgehead atoms. The van der Waals surface area contributed by atoms with Crippen LogP contribution >= 0.6 is 0 Å². The summed E-state index contributed by atoms with van der Waals surface area (Å²) in [5.74, 6) is -0.935. The second kappa shape index (κ2) is 12.9. The molecule has 2 aromatic rings. The van der Waals surface area contributed by atoms with Crippen molar-refractivity contribution in [2.24, 2.45) is 0 Å². The first-order valence-electron chi connectivity index (χ1n) is 12.1. The molecule has 0 saturated carbocycles. The highest BCUT2D eigenvalue weighted by molar-refractivity contribution is 5.80. The molecule has 0 spiro atoms. The van der Waals surface area contributed by atoms with Crippen molar-refractivity contribution in [1.29, 1.82) is 0 Å². The summed E-state index contributed by atoms with van der Waals surface area (Å²) in [7, 11) is 0. The van der Waals surface area contributed by atoms with E-state index in [1.165, 1.54) is 43.5 Å². The standard InChI is InChI=1S/C25H34O10/c1-2-3-4-5-6-7-8-9-20(27)32-14-19-22(29)23(30)24(31)25(35-19)34-18-12-15-10-11-21(28)33-17(15)13-16(18)26/h10-13,19,22-26,29-31H,2-9,14H2,1H3. The molecular weight excluding hydrogens is 460 g/mol. The number of ether oxygens (including phenoxy) is 3. The Labute approximate surface area is 203 Å². The number of aliphatic hydroxyl groups is 3. The van der Waals surface area contributed by atoms with E-state index in [0.717, 1.165) is 19.3 Å². The summed E-state index contributed by atoms with van der Waals surface area (Å²) in [4.78, 5) is 23.4. The van der Waals surface area contributed by atoms with Crippen molar-refractivity contribution < 1.29 is 43.8 Å². The maximum Gasteiger partial charge on any atom is 0.336 e. The zero-order chi connectivity index (χ0) is 25.4. The summed E-state index contributed by atoms with van der Waals surface area (Å²) < 4.78 is 21.3. The van der Waals surface area contributed by atoms with Crippen molar-refractivity contribution in [2.75, 3.05) is 6.61 Å². The van der Waals surface area contributed by atoms with Crippen LogP contribution in [0.25, 0.3) is 11.0 Å². The summed E-state index contributed by atoms with van der Waals surface area (Å²) in [5.41, 5.74) is -0.452. The Morgan fingerprint density at radius 3 is 2.43 bits per heavy atom. The molecule has 0 aliphatic carbocycles. The lowest BCUT2D eigenvalue weighted by Crippen LogP contribution is -2.60. The summed E-state index contributed by atoms with van der Waals surface area (Å²) >= 11 is 0. The van der Waals surface area contributed by atoms with Crippen molar-refractivity contribution in [3.05, 3.63) is 34.7 Å². The lowest BCUT2D eigenvalue weighted by Gasteiger charge is -2.39. The largest absolute Gasteiger partial charge is 0.504 e. The maximum absolute atomic E-state index is 12.1. The molecule has 10 heteroatoms. The van der Waals surface area contributed by atoms with E-state index in [9.17, 15) is 30.0 Å². The van der Waals surface area contributed by atoms with Gasteiger partial charge in [-0.05, 0) is 18.6 Å². The number of phenols is 1. The summed E-state index contributed by atoms with van der Waals surface area (Å²) in [6.07, 6.45) is 0.251. The van der Waals surface area contributed by atoms with Crippen molar-refractivity contribution in [3.63, 3.8) is 0 Å². The summed E-state index contributed by atoms with van der Waals surface area (Å²) in [6, 6.07) is 5.22. The highest BCUT2D eigenvalue weighted by atomic mass is 16.7. The fraction of sp³-hybridized carbons (Fsp3) is 0.600. The molecule has 5 atom stereocenters. The zero-order valence-electron chi connectivity index (χ0n) is 19.8. The molecule has 10 nitrogen and oxygen atoms in total. The number of carbonyl (C=O) groups is 1. The molecule has 1 aliphatic rings. The van der Waals surface area contributed by atoms with E-state index in [0.29, 0.717) is 11.8 Å². The number of hydrogen-bond donors (Lipinski definition) is 4. The van der Waals surface area contributed by atoms with Gasteiger partial charge in [-0.15, -0.1) is 0 Å². The van der Waals surface area contributed by atoms with Crippen LogP contribution < -0.4 is 10.4 Å². The van der Waals surface area contributed by atoms with Crippen molar-refractivity contribution in [2.45, 2.75) is 89.0 Å². The summed E-state index contributed by atoms with van der Waals surface area (Å²) in [6.45, 7) is 1.82. The van der Waals surface area contributed by atoms with E-state index in [-0.39, 0.29) is 30.1 Å². The van der Waals surface area contributed by atoms with Crippen LogP contribution in [0.1, 0.15) is 58.3 Å². The van der Waals surface area contributed by atoms with Crippen LogP contribution in [0.5, 0.6) is 11.5 Å². The van der Waals surface area contributed by atoms with Crippen LogP contribution in [-0.2, 0) is 14.3 Å². The van der Waals surface area contributed by atoms with Gasteiger partial charge in [-0.1, -0.05) is 45.4 Å². The van der Waals surface area contributed by atoms with E-state index in [1.54, 1.807) is 0 Å². The third-order valence-corrected chi connectivity index (χ3v) is 6.01. The fourth-order valence-electron chi connectivity index (χ4n) is 3.93. The molecule has 1 aromatic heterocycles. The zero-order valence-corrected chi connectivity index (χ0v) is 19.8. The van der Waals surface area contributed by atoms with Gasteiger partial charge in [-0.25, -0.2) is 4.79 Å². The molecular formula is C25H34O10. The van der Waals surface area contributed by atoms with Gasteiger partial charge in [0.25, 0.3) is 0 Å². The SMILES string of the molecule is CCCCCCCCCC(=O)OCC1OC(Oc2cc3ccc(=O)oc3cc2O)C(O)C(O)C1O. The number of phenolic OH excluding ortho intramolecular Hbond substituents is 1. The van der Waals surface area contributed by atoms with Gasteiger partial charge in [0.1, 0.15) is 36.6 Å². The molecule has 1 aliphatic heterocycles. The molecule has 1 saturated heterocycles. The van der Waals surface area contributed by atoms with Crippen LogP contribution in [0.4, 0.5) is 0 Å². The quantitative estimate of drug-likeness (QED) is 0.196. The monoisotopic (exact) mass is 494 g/mol. The van der Waals surface area contributed by atoms with Crippen LogP contribution in [-0.4, -0.2) is 63.7 Å². The summed E-state index contributed by atoms with van der Waals surface area (Å²) in [5, 5.41) is 41.5. The molecule has 5 unspecified atom stereocenters. The van der Waals surface area contributed by atoms with Gasteiger partial charge in [0.15, 0.2) is 11.5 Å². The molecule has 1 aromatic carbocycles. The first kappa shape index (κ1) is 26.9. The van der Waals surface area contributed by atoms with Gasteiger partial charge in [0, 0.05) is 23.9 Å². The minimum atomic E-state index is -1.64. The molecule has 0 amide bonds. The third kappa shape index (κ3) is 7.41. The number of esters is 1. The molecule has 194 valence electrons. The average Bonchev–Trinajstić information content (AvgIpc) is 2.83.